The molecule has 0 spiro atoms. The van der Waals surface area contributed by atoms with E-state index in [-0.39, 0.29) is 36.4 Å². The second-order valence-electron chi connectivity index (χ2n) is 17.8. The van der Waals surface area contributed by atoms with E-state index in [1.807, 2.05) is 4.72 Å². The summed E-state index contributed by atoms with van der Waals surface area (Å²) >= 11 is 0. The van der Waals surface area contributed by atoms with Crippen molar-refractivity contribution in [3.8, 4) is 5.88 Å². The highest BCUT2D eigenvalue weighted by atomic mass is 32.2. The minimum Gasteiger partial charge on any atom is -0.471 e. The van der Waals surface area contributed by atoms with Crippen molar-refractivity contribution in [1.29, 1.82) is 0 Å². The smallest absolute Gasteiger partial charge is 0.408 e. The van der Waals surface area contributed by atoms with E-state index in [1.165, 1.54) is 23.1 Å². The third kappa shape index (κ3) is 8.71. The van der Waals surface area contributed by atoms with Crippen LogP contribution in [0.2, 0.25) is 0 Å². The first-order chi connectivity index (χ1) is 27.4. The van der Waals surface area contributed by atoms with Gasteiger partial charge in [0, 0.05) is 12.5 Å². The number of sulfonamides is 1. The van der Waals surface area contributed by atoms with Crippen LogP contribution in [0.4, 0.5) is 18.0 Å². The molecule has 3 saturated carbocycles. The summed E-state index contributed by atoms with van der Waals surface area (Å²) in [4.78, 5) is 66.7. The Bertz CT molecular complexity index is 2050. The highest BCUT2D eigenvalue weighted by molar-refractivity contribution is 7.91. The van der Waals surface area contributed by atoms with Gasteiger partial charge in [0.05, 0.1) is 28.7 Å². The van der Waals surface area contributed by atoms with Gasteiger partial charge in [-0.3, -0.25) is 19.1 Å². The molecule has 0 radical (unpaired) electrons. The predicted molar refractivity (Wildman–Crippen MR) is 204 cm³/mol. The molecule has 3 heterocycles. The number of ether oxygens (including phenoxy) is 2. The Morgan fingerprint density at radius 2 is 1.79 bits per heavy atom. The third-order valence-electron chi connectivity index (χ3n) is 12.6. The molecule has 2 aromatic rings. The zero-order chi connectivity index (χ0) is 41.7. The van der Waals surface area contributed by atoms with Gasteiger partial charge in [-0.15, -0.1) is 0 Å². The highest BCUT2D eigenvalue weighted by Gasteiger charge is 2.67. The van der Waals surface area contributed by atoms with E-state index < -0.39 is 92.8 Å². The first-order valence-corrected chi connectivity index (χ1v) is 22.0. The third-order valence-corrected chi connectivity index (χ3v) is 14.4. The second-order valence-corrected chi connectivity index (χ2v) is 19.7. The van der Waals surface area contributed by atoms with Gasteiger partial charge in [0.15, 0.2) is 0 Å². The van der Waals surface area contributed by atoms with E-state index in [9.17, 15) is 40.8 Å². The molecule has 1 saturated heterocycles. The van der Waals surface area contributed by atoms with Gasteiger partial charge < -0.3 is 25.0 Å². The molecule has 7 rings (SSSR count). The molecule has 1 aromatic heterocycles. The summed E-state index contributed by atoms with van der Waals surface area (Å²) in [6.45, 7) is 7.10. The number of fused-ring (bicyclic) bond motifs is 5. The number of nitrogens with one attached hydrogen (secondary N) is 3. The van der Waals surface area contributed by atoms with E-state index in [2.05, 4.69) is 22.5 Å². The van der Waals surface area contributed by atoms with E-state index in [1.54, 1.807) is 20.8 Å². The fourth-order valence-electron chi connectivity index (χ4n) is 9.01. The van der Waals surface area contributed by atoms with E-state index in [0.29, 0.717) is 49.2 Å². The number of carbonyl (C=O) groups excluding carboxylic acids is 4. The average Bonchev–Trinajstić information content (AvgIpc) is 4.06. The summed E-state index contributed by atoms with van der Waals surface area (Å²) in [6, 6.07) is 1.39. The second kappa shape index (κ2) is 16.1. The number of hydrogen-bond donors (Lipinski definition) is 3. The van der Waals surface area contributed by atoms with E-state index >= 15 is 0 Å². The summed E-state index contributed by atoms with van der Waals surface area (Å²) < 4.78 is 82.5. The van der Waals surface area contributed by atoms with Crippen LogP contribution in [0, 0.1) is 29.0 Å². The zero-order valence-corrected chi connectivity index (χ0v) is 34.1. The van der Waals surface area contributed by atoms with Crippen molar-refractivity contribution in [2.45, 2.75) is 146 Å². The predicted octanol–water partition coefficient (Wildman–Crippen LogP) is 4.93. The number of alkyl carbamates (subject to hydrolysis) is 1. The van der Waals surface area contributed by atoms with Crippen molar-refractivity contribution in [3.05, 3.63) is 29.7 Å². The SMILES string of the molecule is CC[C@H]1CC[C@H]2OC(=O)N[C@@H](C(C)(C)C)C(=O)N3C[C@@H](C[C@H]3C(=O)N[C@]3(C(=O)NS(=O)(=O)C4CC4)C[C@H]3C(F)F)Oc3nc4cc(F)ccc4nc3CCCCC[C@H]12. The Morgan fingerprint density at radius 3 is 2.47 bits per heavy atom. The van der Waals surface area contributed by atoms with E-state index in [4.69, 9.17) is 14.5 Å². The van der Waals surface area contributed by atoms with Crippen molar-refractivity contribution in [3.63, 3.8) is 0 Å². The number of carbonyl (C=O) groups is 4. The Labute approximate surface area is 336 Å². The van der Waals surface area contributed by atoms with Crippen LogP contribution in [0.1, 0.15) is 104 Å². The minimum absolute atomic E-state index is 0.0924. The molecule has 4 fully saturated rings. The molecular weight excluding hydrogens is 782 g/mol. The maximum Gasteiger partial charge on any atom is 0.408 e. The van der Waals surface area contributed by atoms with Gasteiger partial charge >= 0.3 is 6.09 Å². The molecule has 318 valence electrons. The number of aryl methyl sites for hydroxylation is 1. The van der Waals surface area contributed by atoms with Crippen LogP contribution in [-0.2, 0) is 35.6 Å². The molecule has 8 atom stereocenters. The molecule has 58 heavy (non-hydrogen) atoms. The average molecular weight is 835 g/mol. The molecule has 18 heteroatoms. The lowest BCUT2D eigenvalue weighted by Crippen LogP contribution is -2.60. The van der Waals surface area contributed by atoms with Crippen LogP contribution in [0.5, 0.6) is 5.88 Å². The highest BCUT2D eigenvalue weighted by Crippen LogP contribution is 2.49. The molecule has 2 aliphatic heterocycles. The summed E-state index contributed by atoms with van der Waals surface area (Å²) in [5.41, 5.74) is -1.97. The molecule has 4 amide bonds. The van der Waals surface area contributed by atoms with Crippen LogP contribution < -0.4 is 20.1 Å². The van der Waals surface area contributed by atoms with Gasteiger partial charge in [0.25, 0.3) is 5.91 Å². The van der Waals surface area contributed by atoms with Gasteiger partial charge in [-0.25, -0.2) is 36.4 Å². The van der Waals surface area contributed by atoms with Crippen molar-refractivity contribution in [2.24, 2.45) is 23.2 Å². The first-order valence-electron chi connectivity index (χ1n) is 20.5. The molecule has 1 aromatic carbocycles. The molecule has 3 N–H and O–H groups in total. The van der Waals surface area contributed by atoms with Gasteiger partial charge in [-0.2, -0.15) is 0 Å². The summed E-state index contributed by atoms with van der Waals surface area (Å²) in [6.07, 6.45) is 1.05. The standard InChI is InChI=1S/C40H53F3N6O8S/c1-5-21-11-16-31-25(21)9-7-6-8-10-28-35(45-29-17-22(41)12-15-27(29)44-28)56-23-18-30(49(20-23)36(51)32(39(2,3)4)46-38(53)57-31)34(50)47-40(19-26(40)33(42)43)37(52)48-58(54,55)24-13-14-24/h12,15,17,21,23-26,30-33H,5-11,13-14,16,18-20H2,1-4H3,(H,46,53)(H,47,50)(H,48,52)/t21-,23+,25+,26-,30-,31+,32+,40+/m0/s1. The van der Waals surface area contributed by atoms with Gasteiger partial charge in [0.1, 0.15) is 41.3 Å². The Hall–Kier alpha value is -4.22. The lowest BCUT2D eigenvalue weighted by atomic mass is 9.85. The van der Waals surface area contributed by atoms with Crippen LogP contribution in [0.25, 0.3) is 11.0 Å². The van der Waals surface area contributed by atoms with Crippen molar-refractivity contribution >= 4 is 44.9 Å². The Balaban J connectivity index is 1.23. The van der Waals surface area contributed by atoms with Crippen molar-refractivity contribution < 1.29 is 50.2 Å². The summed E-state index contributed by atoms with van der Waals surface area (Å²) in [5.74, 6) is -4.55. The van der Waals surface area contributed by atoms with Gasteiger partial charge in [-0.05, 0) is 80.8 Å². The summed E-state index contributed by atoms with van der Waals surface area (Å²) in [5, 5.41) is 4.37. The number of benzene rings is 1. The number of halogens is 3. The van der Waals surface area contributed by atoms with Crippen LogP contribution in [0.15, 0.2) is 18.2 Å². The molecule has 2 bridgehead atoms. The fraction of sp³-hybridized carbons (Fsp3) is 0.700. The van der Waals surface area contributed by atoms with Crippen molar-refractivity contribution in [1.82, 2.24) is 30.2 Å². The van der Waals surface area contributed by atoms with E-state index in [0.717, 1.165) is 32.1 Å². The van der Waals surface area contributed by atoms with Crippen LogP contribution >= 0.6 is 0 Å². The first kappa shape index (κ1) is 41.9. The lowest BCUT2D eigenvalue weighted by Gasteiger charge is -2.36. The number of rotatable bonds is 7. The molecular formula is C40H53F3N6O8S. The topological polar surface area (TPSA) is 186 Å². The van der Waals surface area contributed by atoms with Crippen molar-refractivity contribution in [2.75, 3.05) is 6.54 Å². The molecule has 14 nitrogen and oxygen atoms in total. The van der Waals surface area contributed by atoms with Crippen LogP contribution in [-0.4, -0.2) is 95.2 Å². The molecule has 0 unspecified atom stereocenters. The molecule has 5 aliphatic rings. The maximum absolute atomic E-state index is 14.7. The summed E-state index contributed by atoms with van der Waals surface area (Å²) in [7, 11) is -4.15. The number of aromatic nitrogens is 2. The number of hydrogen-bond acceptors (Lipinski definition) is 10. The quantitative estimate of drug-likeness (QED) is 0.346. The normalized spacial score (nSPS) is 31.0. The maximum atomic E-state index is 14.7. The number of nitrogens with zero attached hydrogens (tertiary/aromatic N) is 3. The number of alkyl halides is 2. The largest absolute Gasteiger partial charge is 0.471 e. The zero-order valence-electron chi connectivity index (χ0n) is 33.3. The molecule has 3 aliphatic carbocycles. The lowest BCUT2D eigenvalue weighted by molar-refractivity contribution is -0.143. The Morgan fingerprint density at radius 1 is 1.03 bits per heavy atom. The van der Waals surface area contributed by atoms with Gasteiger partial charge in [0.2, 0.25) is 34.1 Å². The number of amides is 4. The van der Waals surface area contributed by atoms with Crippen LogP contribution in [0.3, 0.4) is 0 Å². The Kier molecular flexibility index (Phi) is 11.6. The van der Waals surface area contributed by atoms with Gasteiger partial charge in [-0.1, -0.05) is 47.0 Å². The minimum atomic E-state index is -4.15. The monoisotopic (exact) mass is 834 g/mol. The fourth-order valence-corrected chi connectivity index (χ4v) is 10.4.